The lowest BCUT2D eigenvalue weighted by Crippen LogP contribution is -2.11. The van der Waals surface area contributed by atoms with Gasteiger partial charge >= 0.3 is 5.97 Å². The van der Waals surface area contributed by atoms with Crippen molar-refractivity contribution in [1.29, 1.82) is 0 Å². The number of carboxylic acid groups (broad SMARTS) is 1. The number of hydrogen-bond donors (Lipinski definition) is 3. The Balaban J connectivity index is 2.87. The highest BCUT2D eigenvalue weighted by atomic mass is 32.1. The van der Waals surface area contributed by atoms with Gasteiger partial charge in [-0.2, -0.15) is 12.6 Å². The normalized spacial score (nSPS) is 12.5. The van der Waals surface area contributed by atoms with E-state index in [1.54, 1.807) is 24.3 Å². The summed E-state index contributed by atoms with van der Waals surface area (Å²) in [6.07, 6.45) is 0. The molecule has 0 radical (unpaired) electrons. The van der Waals surface area contributed by atoms with Crippen molar-refractivity contribution in [3.63, 3.8) is 0 Å². The van der Waals surface area contributed by atoms with Crippen molar-refractivity contribution in [3.8, 4) is 0 Å². The van der Waals surface area contributed by atoms with Gasteiger partial charge in [-0.25, -0.2) is 4.79 Å². The van der Waals surface area contributed by atoms with Gasteiger partial charge in [0.25, 0.3) is 0 Å². The minimum Gasteiger partial charge on any atom is -0.478 e. The Hall–Kier alpha value is -1.00. The average molecular weight is 197 g/mol. The predicted molar refractivity (Wildman–Crippen MR) is 54.2 cm³/mol. The van der Waals surface area contributed by atoms with Crippen LogP contribution >= 0.6 is 12.6 Å². The van der Waals surface area contributed by atoms with E-state index in [1.807, 2.05) is 0 Å². The second-order valence-corrected chi connectivity index (χ2v) is 3.08. The summed E-state index contributed by atoms with van der Waals surface area (Å²) in [6, 6.07) is 6.38. The van der Waals surface area contributed by atoms with Crippen LogP contribution in [0.3, 0.4) is 0 Å². The number of thiol groups is 1. The van der Waals surface area contributed by atoms with Crippen LogP contribution in [0, 0.1) is 0 Å². The molecule has 0 fully saturated rings. The molecule has 4 heteroatoms. The molecule has 1 aromatic carbocycles. The number of carboxylic acids is 1. The van der Waals surface area contributed by atoms with Crippen molar-refractivity contribution in [2.75, 3.05) is 5.75 Å². The molecule has 3 N–H and O–H groups in total. The highest BCUT2D eigenvalue weighted by Crippen LogP contribution is 2.12. The third kappa shape index (κ3) is 2.47. The van der Waals surface area contributed by atoms with Gasteiger partial charge < -0.3 is 10.8 Å². The van der Waals surface area contributed by atoms with Crippen LogP contribution in [0.5, 0.6) is 0 Å². The molecule has 0 aliphatic rings. The van der Waals surface area contributed by atoms with E-state index in [1.165, 1.54) is 0 Å². The highest BCUT2D eigenvalue weighted by molar-refractivity contribution is 7.80. The maximum Gasteiger partial charge on any atom is 0.335 e. The van der Waals surface area contributed by atoms with Gasteiger partial charge in [-0.15, -0.1) is 0 Å². The molecule has 0 aromatic heterocycles. The molecule has 1 rings (SSSR count). The van der Waals surface area contributed by atoms with Gasteiger partial charge in [-0.1, -0.05) is 12.1 Å². The monoisotopic (exact) mass is 197 g/mol. The van der Waals surface area contributed by atoms with Gasteiger partial charge in [-0.3, -0.25) is 0 Å². The lowest BCUT2D eigenvalue weighted by Gasteiger charge is -2.07. The fourth-order valence-corrected chi connectivity index (χ4v) is 1.19. The molecule has 0 amide bonds. The fraction of sp³-hybridized carbons (Fsp3) is 0.222. The number of aromatic carboxylic acids is 1. The SMILES string of the molecule is N[C@@H](CS)c1ccc(C(=O)O)cc1. The molecule has 1 atom stereocenters. The van der Waals surface area contributed by atoms with E-state index in [9.17, 15) is 4.79 Å². The first-order chi connectivity index (χ1) is 6.15. The van der Waals surface area contributed by atoms with E-state index in [-0.39, 0.29) is 11.6 Å². The van der Waals surface area contributed by atoms with E-state index in [0.29, 0.717) is 5.75 Å². The fourth-order valence-electron chi connectivity index (χ4n) is 0.978. The Morgan fingerprint density at radius 1 is 1.46 bits per heavy atom. The molecule has 0 saturated heterocycles. The second kappa shape index (κ2) is 4.30. The van der Waals surface area contributed by atoms with Gasteiger partial charge in [0.05, 0.1) is 5.56 Å². The van der Waals surface area contributed by atoms with Crippen molar-refractivity contribution in [2.45, 2.75) is 6.04 Å². The van der Waals surface area contributed by atoms with E-state index in [2.05, 4.69) is 12.6 Å². The van der Waals surface area contributed by atoms with Crippen LogP contribution in [-0.2, 0) is 0 Å². The maximum atomic E-state index is 10.5. The highest BCUT2D eigenvalue weighted by Gasteiger charge is 2.05. The minimum absolute atomic E-state index is 0.133. The van der Waals surface area contributed by atoms with Crippen molar-refractivity contribution < 1.29 is 9.90 Å². The molecule has 0 aliphatic carbocycles. The molecule has 70 valence electrons. The van der Waals surface area contributed by atoms with Crippen LogP contribution in [0.2, 0.25) is 0 Å². The first-order valence-electron chi connectivity index (χ1n) is 3.85. The quantitative estimate of drug-likeness (QED) is 0.640. The van der Waals surface area contributed by atoms with Crippen LogP contribution < -0.4 is 5.73 Å². The Labute approximate surface area is 82.0 Å². The number of benzene rings is 1. The molecular weight excluding hydrogens is 186 g/mol. The Bertz CT molecular complexity index is 297. The summed E-state index contributed by atoms with van der Waals surface area (Å²) in [7, 11) is 0. The van der Waals surface area contributed by atoms with E-state index in [0.717, 1.165) is 5.56 Å². The number of carbonyl (C=O) groups is 1. The molecule has 0 unspecified atom stereocenters. The van der Waals surface area contributed by atoms with Gasteiger partial charge in [0, 0.05) is 11.8 Å². The summed E-state index contributed by atoms with van der Waals surface area (Å²) in [6.45, 7) is 0. The Kier molecular flexibility index (Phi) is 3.33. The van der Waals surface area contributed by atoms with Gasteiger partial charge in [0.2, 0.25) is 0 Å². The molecule has 0 saturated carbocycles. The largest absolute Gasteiger partial charge is 0.478 e. The van der Waals surface area contributed by atoms with Crippen molar-refractivity contribution in [3.05, 3.63) is 35.4 Å². The maximum absolute atomic E-state index is 10.5. The first-order valence-corrected chi connectivity index (χ1v) is 4.48. The van der Waals surface area contributed by atoms with Crippen molar-refractivity contribution >= 4 is 18.6 Å². The second-order valence-electron chi connectivity index (χ2n) is 2.72. The van der Waals surface area contributed by atoms with Crippen LogP contribution in [0.4, 0.5) is 0 Å². The van der Waals surface area contributed by atoms with Crippen LogP contribution in [0.15, 0.2) is 24.3 Å². The van der Waals surface area contributed by atoms with Crippen LogP contribution in [0.25, 0.3) is 0 Å². The lowest BCUT2D eigenvalue weighted by molar-refractivity contribution is 0.0697. The number of hydrogen-bond acceptors (Lipinski definition) is 3. The Morgan fingerprint density at radius 3 is 2.38 bits per heavy atom. The molecule has 1 aromatic rings. The zero-order valence-corrected chi connectivity index (χ0v) is 7.87. The topological polar surface area (TPSA) is 63.3 Å². The first kappa shape index (κ1) is 10.1. The molecule has 3 nitrogen and oxygen atoms in total. The molecule has 0 spiro atoms. The van der Waals surface area contributed by atoms with Crippen LogP contribution in [-0.4, -0.2) is 16.8 Å². The molecule has 0 bridgehead atoms. The van der Waals surface area contributed by atoms with Crippen molar-refractivity contribution in [1.82, 2.24) is 0 Å². The summed E-state index contributed by atoms with van der Waals surface area (Å²) in [4.78, 5) is 10.5. The predicted octanol–water partition coefficient (Wildman–Crippen LogP) is 1.31. The van der Waals surface area contributed by atoms with Crippen LogP contribution in [0.1, 0.15) is 22.0 Å². The van der Waals surface area contributed by atoms with Gasteiger partial charge in [-0.05, 0) is 17.7 Å². The molecule has 13 heavy (non-hydrogen) atoms. The third-order valence-corrected chi connectivity index (χ3v) is 2.18. The lowest BCUT2D eigenvalue weighted by atomic mass is 10.1. The molecule has 0 aliphatic heterocycles. The average Bonchev–Trinajstić information content (AvgIpc) is 2.17. The van der Waals surface area contributed by atoms with E-state index >= 15 is 0 Å². The molecular formula is C9H11NO2S. The van der Waals surface area contributed by atoms with E-state index < -0.39 is 5.97 Å². The standard InChI is InChI=1S/C9H11NO2S/c10-8(5-13)6-1-3-7(4-2-6)9(11)12/h1-4,8,13H,5,10H2,(H,11,12)/t8-/m0/s1. The van der Waals surface area contributed by atoms with Gasteiger partial charge in [0.1, 0.15) is 0 Å². The summed E-state index contributed by atoms with van der Waals surface area (Å²) in [5, 5.41) is 8.63. The third-order valence-electron chi connectivity index (χ3n) is 1.78. The van der Waals surface area contributed by atoms with E-state index in [4.69, 9.17) is 10.8 Å². The smallest absolute Gasteiger partial charge is 0.335 e. The summed E-state index contributed by atoms with van der Waals surface area (Å²) < 4.78 is 0. The minimum atomic E-state index is -0.925. The summed E-state index contributed by atoms with van der Waals surface area (Å²) in [5.41, 5.74) is 6.87. The van der Waals surface area contributed by atoms with Gasteiger partial charge in [0.15, 0.2) is 0 Å². The Morgan fingerprint density at radius 2 is 2.00 bits per heavy atom. The zero-order chi connectivity index (χ0) is 9.84. The number of rotatable bonds is 3. The summed E-state index contributed by atoms with van der Waals surface area (Å²) in [5.74, 6) is -0.377. The zero-order valence-electron chi connectivity index (χ0n) is 6.97. The van der Waals surface area contributed by atoms with Crippen molar-refractivity contribution in [2.24, 2.45) is 5.73 Å². The summed E-state index contributed by atoms with van der Waals surface area (Å²) >= 11 is 4.05. The number of nitrogens with two attached hydrogens (primary N) is 1. The molecule has 0 heterocycles.